The Morgan fingerprint density at radius 2 is 2.10 bits per heavy atom. The Hall–Kier alpha value is -3.50. The van der Waals surface area contributed by atoms with Gasteiger partial charge in [0.05, 0.1) is 0 Å². The van der Waals surface area contributed by atoms with E-state index >= 15 is 0 Å². The molecule has 0 fully saturated rings. The molecule has 2 heterocycles. The standard InChI is InChI=1S/C10H9N11/c1-2-4-7(5-3-1)8(13-16-9-11-6-12-15-9)14-17-10-18-20-21-19-10/h1-6H,(H,11,12,15)(H2,17,18,19,20,21)/b14-8+,16-13?. The minimum absolute atomic E-state index is 0.221. The van der Waals surface area contributed by atoms with Crippen molar-refractivity contribution in [1.29, 1.82) is 0 Å². The summed E-state index contributed by atoms with van der Waals surface area (Å²) in [5.41, 5.74) is 3.39. The highest BCUT2D eigenvalue weighted by molar-refractivity contribution is 5.99. The van der Waals surface area contributed by atoms with Crippen molar-refractivity contribution in [1.82, 2.24) is 35.8 Å². The monoisotopic (exact) mass is 283 g/mol. The molecule has 0 saturated carbocycles. The van der Waals surface area contributed by atoms with E-state index in [0.717, 1.165) is 5.56 Å². The first-order chi connectivity index (χ1) is 10.4. The van der Waals surface area contributed by atoms with Gasteiger partial charge in [0.1, 0.15) is 6.33 Å². The minimum Gasteiger partial charge on any atom is -0.242 e. The summed E-state index contributed by atoms with van der Waals surface area (Å²) in [4.78, 5) is 3.85. The number of rotatable bonds is 4. The summed E-state index contributed by atoms with van der Waals surface area (Å²) in [6.45, 7) is 0. The van der Waals surface area contributed by atoms with Crippen LogP contribution in [0.15, 0.2) is 52.0 Å². The minimum atomic E-state index is 0.221. The molecule has 11 nitrogen and oxygen atoms in total. The summed E-state index contributed by atoms with van der Waals surface area (Å²) in [7, 11) is 0. The van der Waals surface area contributed by atoms with Crippen LogP contribution in [0.5, 0.6) is 0 Å². The summed E-state index contributed by atoms with van der Waals surface area (Å²) in [5, 5.41) is 31.5. The average Bonchev–Trinajstić information content (AvgIpc) is 3.21. The fraction of sp³-hybridized carbons (Fsp3) is 0. The molecule has 0 bridgehead atoms. The molecule has 104 valence electrons. The lowest BCUT2D eigenvalue weighted by Crippen LogP contribution is -2.02. The van der Waals surface area contributed by atoms with Crippen LogP contribution in [0.3, 0.4) is 0 Å². The molecule has 0 radical (unpaired) electrons. The second-order valence-corrected chi connectivity index (χ2v) is 3.66. The second-order valence-electron chi connectivity index (χ2n) is 3.66. The predicted octanol–water partition coefficient (Wildman–Crippen LogP) is 0.875. The first-order valence-corrected chi connectivity index (χ1v) is 5.81. The van der Waals surface area contributed by atoms with Crippen LogP contribution in [0.25, 0.3) is 0 Å². The van der Waals surface area contributed by atoms with Gasteiger partial charge in [-0.05, 0) is 5.21 Å². The molecule has 0 saturated heterocycles. The topological polar surface area (TPSA) is 145 Å². The Bertz CT molecular complexity index is 714. The van der Waals surface area contributed by atoms with Crippen LogP contribution in [0.4, 0.5) is 11.9 Å². The number of hydrogen-bond acceptors (Lipinski definition) is 8. The molecule has 0 atom stereocenters. The lowest BCUT2D eigenvalue weighted by atomic mass is 10.2. The molecule has 0 aliphatic carbocycles. The highest BCUT2D eigenvalue weighted by Gasteiger charge is 2.04. The van der Waals surface area contributed by atoms with E-state index in [4.69, 9.17) is 0 Å². The fourth-order valence-corrected chi connectivity index (χ4v) is 1.39. The first kappa shape index (κ1) is 12.5. The zero-order chi connectivity index (χ0) is 14.3. The van der Waals surface area contributed by atoms with E-state index < -0.39 is 0 Å². The highest BCUT2D eigenvalue weighted by atomic mass is 15.5. The third kappa shape index (κ3) is 3.28. The van der Waals surface area contributed by atoms with Crippen LogP contribution in [-0.4, -0.2) is 41.6 Å². The van der Waals surface area contributed by atoms with Crippen molar-refractivity contribution in [2.75, 3.05) is 5.43 Å². The molecule has 0 amide bonds. The van der Waals surface area contributed by atoms with E-state index in [1.165, 1.54) is 6.33 Å². The van der Waals surface area contributed by atoms with Crippen molar-refractivity contribution in [3.05, 3.63) is 42.2 Å². The quantitative estimate of drug-likeness (QED) is 0.280. The number of azo groups is 1. The van der Waals surface area contributed by atoms with E-state index in [-0.39, 0.29) is 11.9 Å². The molecule has 0 aliphatic rings. The summed E-state index contributed by atoms with van der Waals surface area (Å²) in [6.07, 6.45) is 1.34. The molecule has 1 aromatic carbocycles. The van der Waals surface area contributed by atoms with Crippen LogP contribution in [0.1, 0.15) is 5.56 Å². The molecule has 3 rings (SSSR count). The van der Waals surface area contributed by atoms with Crippen molar-refractivity contribution >= 4 is 17.7 Å². The van der Waals surface area contributed by atoms with Gasteiger partial charge in [0.2, 0.25) is 5.84 Å². The smallest absolute Gasteiger partial charge is 0.242 e. The number of amidine groups is 1. The number of aromatic nitrogens is 7. The van der Waals surface area contributed by atoms with E-state index in [9.17, 15) is 0 Å². The number of aromatic amines is 2. The van der Waals surface area contributed by atoms with Crippen molar-refractivity contribution in [2.45, 2.75) is 0 Å². The van der Waals surface area contributed by atoms with Gasteiger partial charge >= 0.3 is 0 Å². The number of H-pyrrole nitrogens is 2. The number of hydrogen-bond donors (Lipinski definition) is 3. The van der Waals surface area contributed by atoms with Gasteiger partial charge in [-0.25, -0.2) is 10.5 Å². The molecular weight excluding hydrogens is 274 g/mol. The maximum absolute atomic E-state index is 4.10. The Kier molecular flexibility index (Phi) is 3.64. The van der Waals surface area contributed by atoms with Crippen LogP contribution in [0.2, 0.25) is 0 Å². The molecule has 11 heteroatoms. The summed E-state index contributed by atoms with van der Waals surface area (Å²) >= 11 is 0. The van der Waals surface area contributed by atoms with E-state index in [1.807, 2.05) is 30.3 Å². The van der Waals surface area contributed by atoms with Crippen LogP contribution < -0.4 is 5.43 Å². The van der Waals surface area contributed by atoms with Gasteiger partial charge < -0.3 is 0 Å². The molecule has 3 N–H and O–H groups in total. The molecule has 21 heavy (non-hydrogen) atoms. The fourth-order valence-electron chi connectivity index (χ4n) is 1.39. The van der Waals surface area contributed by atoms with Crippen molar-refractivity contribution < 1.29 is 0 Å². The van der Waals surface area contributed by atoms with Gasteiger partial charge in [-0.3, -0.25) is 0 Å². The van der Waals surface area contributed by atoms with Crippen LogP contribution in [-0.2, 0) is 0 Å². The molecule has 0 unspecified atom stereocenters. The normalized spacial score (nSPS) is 11.9. The zero-order valence-electron chi connectivity index (χ0n) is 10.5. The summed E-state index contributed by atoms with van der Waals surface area (Å²) < 4.78 is 0. The third-order valence-electron chi connectivity index (χ3n) is 2.28. The Balaban J connectivity index is 1.85. The molecule has 3 aromatic rings. The van der Waals surface area contributed by atoms with E-state index in [2.05, 4.69) is 56.6 Å². The largest absolute Gasteiger partial charge is 0.283 e. The van der Waals surface area contributed by atoms with Gasteiger partial charge in [-0.15, -0.1) is 15.3 Å². The molecular formula is C10H9N11. The Morgan fingerprint density at radius 3 is 2.81 bits per heavy atom. The number of tetrazole rings is 1. The highest BCUT2D eigenvalue weighted by Crippen LogP contribution is 2.07. The van der Waals surface area contributed by atoms with Crippen molar-refractivity contribution in [2.24, 2.45) is 15.3 Å². The lowest BCUT2D eigenvalue weighted by molar-refractivity contribution is 0.881. The maximum Gasteiger partial charge on any atom is 0.283 e. The molecule has 0 spiro atoms. The Morgan fingerprint density at radius 1 is 1.19 bits per heavy atom. The number of anilines is 1. The molecule has 0 aliphatic heterocycles. The number of nitrogens with one attached hydrogen (secondary N) is 3. The SMILES string of the molecule is c1ccc(/C(N=Nc2ncn[nH]2)=N\Nc2nn[nH]n2)cc1. The maximum atomic E-state index is 4.10. The van der Waals surface area contributed by atoms with Crippen LogP contribution in [0, 0.1) is 0 Å². The summed E-state index contributed by atoms with van der Waals surface area (Å²) in [5.74, 6) is 0.827. The zero-order valence-corrected chi connectivity index (χ0v) is 10.5. The van der Waals surface area contributed by atoms with Crippen molar-refractivity contribution in [3.63, 3.8) is 0 Å². The second kappa shape index (κ2) is 6.10. The van der Waals surface area contributed by atoms with Crippen LogP contribution >= 0.6 is 0 Å². The third-order valence-corrected chi connectivity index (χ3v) is 2.28. The van der Waals surface area contributed by atoms with Gasteiger partial charge in [0.15, 0.2) is 0 Å². The number of benzene rings is 1. The predicted molar refractivity (Wildman–Crippen MR) is 71.7 cm³/mol. The average molecular weight is 283 g/mol. The lowest BCUT2D eigenvalue weighted by Gasteiger charge is -1.99. The number of hydrazone groups is 1. The van der Waals surface area contributed by atoms with Gasteiger partial charge in [0.25, 0.3) is 11.9 Å². The van der Waals surface area contributed by atoms with Gasteiger partial charge in [0, 0.05) is 5.56 Å². The van der Waals surface area contributed by atoms with E-state index in [1.54, 1.807) is 0 Å². The van der Waals surface area contributed by atoms with Gasteiger partial charge in [-0.2, -0.15) is 20.4 Å². The van der Waals surface area contributed by atoms with Crippen molar-refractivity contribution in [3.8, 4) is 0 Å². The summed E-state index contributed by atoms with van der Waals surface area (Å²) in [6, 6.07) is 9.31. The molecule has 2 aromatic heterocycles. The number of nitrogens with zero attached hydrogens (tertiary/aromatic N) is 8. The Labute approximate surface area is 117 Å². The van der Waals surface area contributed by atoms with Gasteiger partial charge in [-0.1, -0.05) is 35.4 Å². The van der Waals surface area contributed by atoms with E-state index in [0.29, 0.717) is 5.84 Å². The first-order valence-electron chi connectivity index (χ1n) is 5.81.